The second kappa shape index (κ2) is 50.4. The Morgan fingerprint density at radius 3 is 0.745 bits per heavy atom. The Kier molecular flexibility index (Phi) is 41.1. The Hall–Kier alpha value is -3.10. The predicted molar refractivity (Wildman–Crippen MR) is 438 cm³/mol. The van der Waals surface area contributed by atoms with Crippen molar-refractivity contribution >= 4 is 0 Å². The fraction of sp³-hybridized carbons (Fsp3) is 0.928. The highest BCUT2D eigenvalue weighted by Crippen LogP contribution is 2.43. The van der Waals surface area contributed by atoms with Crippen LogP contribution in [0.15, 0.2) is 30.3 Å². The first-order valence-corrected chi connectivity index (χ1v) is 46.2. The van der Waals surface area contributed by atoms with E-state index in [0.717, 1.165) is 0 Å². The Morgan fingerprint density at radius 1 is 0.206 bits per heavy atom. The normalized spacial score (nSPS) is 51.9. The Bertz CT molecular complexity index is 3850. The van der Waals surface area contributed by atoms with E-state index in [1.807, 2.05) is 0 Å². The van der Waals surface area contributed by atoms with Gasteiger partial charge in [-0.05, 0) is 12.0 Å². The van der Waals surface area contributed by atoms with Crippen LogP contribution in [0.3, 0.4) is 0 Å². The molecule has 12 fully saturated rings. The van der Waals surface area contributed by atoms with Gasteiger partial charge in [-0.3, -0.25) is 0 Å². The van der Waals surface area contributed by atoms with E-state index in [1.54, 1.807) is 37.3 Å². The molecule has 11 heterocycles. The highest BCUT2D eigenvalue weighted by Gasteiger charge is 2.62. The SMILES string of the molecule is CCC1O[C@H](OC2C(C)C(O)C(O)C(O[C@H]3OC(CO[C@H]4OC(CO[C@H]5OC(CO[C@H]6OC(CO[C@H]7OC(COC8OC(COC)C(O)C(O)C8O)[C@@H](O)[C@H](O)C7O[C@H]7OC(CO)[C@@H](O)[C@H](O)C7O)[C@@H](O)[C@H](O)C6O[C@H]6OC(CO)[C@@H](O)[C@H](O)C6O)[C@@H](O)[C@H](O)C5O[C@H]5OC(CO)[C@@H](O)[C@H](O)C5O)[C@@H](O)[C@H](O)C4O[C@H]4OC(CO)[C@@H](O)[C@H](O)C4O)[C@@H](O)[C@H](O)C3O)C2C)C(O)[C@H](OCc2ccccc2)[C@@H]1O. The second-order valence-electron chi connectivity index (χ2n) is 37.0. The van der Waals surface area contributed by atoms with Crippen molar-refractivity contribution in [2.75, 3.05) is 73.2 Å². The third kappa shape index (κ3) is 25.0. The van der Waals surface area contributed by atoms with Crippen LogP contribution in [0, 0.1) is 11.8 Å². The zero-order valence-electron chi connectivity index (χ0n) is 76.1. The molecule has 31 unspecified atom stereocenters. The first kappa shape index (κ1) is 115. The van der Waals surface area contributed by atoms with Crippen molar-refractivity contribution in [2.24, 2.45) is 11.8 Å². The highest BCUT2D eigenvalue weighted by atomic mass is 16.8. The minimum atomic E-state index is -2.50. The number of ether oxygens (including phenoxy) is 24. The number of aliphatic hydroxyl groups excluding tert-OH is 34. The smallest absolute Gasteiger partial charge is 0.187 e. The molecule has 12 aliphatic rings. The summed E-state index contributed by atoms with van der Waals surface area (Å²) in [5.74, 6) is -2.09. The summed E-state index contributed by atoms with van der Waals surface area (Å²) in [6.45, 7) is -5.64. The van der Waals surface area contributed by atoms with Crippen molar-refractivity contribution in [2.45, 2.75) is 396 Å². The Balaban J connectivity index is 0.761. The third-order valence-electron chi connectivity index (χ3n) is 27.6. The molecule has 58 nitrogen and oxygen atoms in total. The van der Waals surface area contributed by atoms with E-state index in [-0.39, 0.29) is 19.6 Å². The van der Waals surface area contributed by atoms with Crippen LogP contribution in [0.2, 0.25) is 0 Å². The van der Waals surface area contributed by atoms with Crippen molar-refractivity contribution in [3.63, 3.8) is 0 Å². The number of aliphatic hydroxyl groups is 34. The molecule has 13 rings (SSSR count). The molecule has 141 heavy (non-hydrogen) atoms. The predicted octanol–water partition coefficient (Wildman–Crippen LogP) is -20.9. The summed E-state index contributed by atoms with van der Waals surface area (Å²) in [5.41, 5.74) is 0.696. The van der Waals surface area contributed by atoms with Crippen molar-refractivity contribution in [3.05, 3.63) is 35.9 Å². The number of hydrogen-bond donors (Lipinski definition) is 34. The van der Waals surface area contributed by atoms with Gasteiger partial charge in [-0.25, -0.2) is 0 Å². The molecule has 0 aromatic heterocycles. The van der Waals surface area contributed by atoms with Gasteiger partial charge in [0.25, 0.3) is 0 Å². The van der Waals surface area contributed by atoms with Crippen LogP contribution in [-0.4, -0.2) is 609 Å². The molecule has 34 N–H and O–H groups in total. The van der Waals surface area contributed by atoms with Gasteiger partial charge in [0.05, 0.1) is 97.1 Å². The van der Waals surface area contributed by atoms with Crippen molar-refractivity contribution in [1.29, 1.82) is 0 Å². The summed E-state index contributed by atoms with van der Waals surface area (Å²) >= 11 is 0. The van der Waals surface area contributed by atoms with E-state index in [0.29, 0.717) is 5.56 Å². The molecule has 816 valence electrons. The van der Waals surface area contributed by atoms with Gasteiger partial charge in [0, 0.05) is 18.9 Å². The molecule has 1 saturated carbocycles. The maximum Gasteiger partial charge on any atom is 0.187 e. The first-order chi connectivity index (χ1) is 66.9. The van der Waals surface area contributed by atoms with Gasteiger partial charge in [0.15, 0.2) is 69.2 Å². The molecule has 11 aliphatic heterocycles. The summed E-state index contributed by atoms with van der Waals surface area (Å²) in [6.07, 6.45) is -120. The van der Waals surface area contributed by atoms with Crippen LogP contribution in [-0.2, 0) is 120 Å². The highest BCUT2D eigenvalue weighted by molar-refractivity contribution is 5.14. The van der Waals surface area contributed by atoms with Crippen LogP contribution in [0.25, 0.3) is 0 Å². The summed E-state index contributed by atoms with van der Waals surface area (Å²) in [6, 6.07) is 8.80. The lowest BCUT2D eigenvalue weighted by Gasteiger charge is -2.50. The van der Waals surface area contributed by atoms with E-state index in [1.165, 1.54) is 21.0 Å². The number of rotatable bonds is 37. The van der Waals surface area contributed by atoms with E-state index < -0.39 is 433 Å². The molecule has 0 bridgehead atoms. The average molecular weight is 2060 g/mol. The van der Waals surface area contributed by atoms with Crippen molar-refractivity contribution in [3.8, 4) is 0 Å². The van der Waals surface area contributed by atoms with Crippen LogP contribution in [0.1, 0.15) is 32.8 Å². The molecule has 0 amide bonds. The number of benzene rings is 1. The zero-order chi connectivity index (χ0) is 103. The van der Waals surface area contributed by atoms with Gasteiger partial charge < -0.3 is 287 Å². The van der Waals surface area contributed by atoms with Gasteiger partial charge in [-0.1, -0.05) is 51.1 Å². The molecular weight excluding hydrogens is 1920 g/mol. The first-order valence-electron chi connectivity index (χ1n) is 46.2. The van der Waals surface area contributed by atoms with Gasteiger partial charge in [-0.2, -0.15) is 0 Å². The van der Waals surface area contributed by atoms with E-state index in [9.17, 15) is 174 Å². The number of methoxy groups -OCH3 is 1. The lowest BCUT2D eigenvalue weighted by Crippen LogP contribution is -2.67. The molecule has 1 aliphatic carbocycles. The fourth-order valence-electron chi connectivity index (χ4n) is 18.9. The standard InChI is InChI=1S/C83H136O58/c1-5-25-47(99)68(119-15-24-9-7-6-8-10-24)65(117)79(125-25)136-66-22(2)36(88)54(106)67(23(66)3)137-78-64(116)53(105)42(94)31(131-78)18-121-80-70(139-75-61(113)49(101)38(90)27(12-85)127-75)56(108)44(96)33(133-80)20-123-82-72(141-77-63(115)51(103)40(92)29(14-87)129-77)58(110)46(98)35(135-82)21-124-83-71(140-76-62(114)50(102)39(91)28(13-86)128-76)57(109)45(97)34(134-83)19-122-81-69(138-74-60(112)48(100)37(89)26(11-84)126-74)55(107)43(95)32(132-81)17-120-73-59(111)52(104)41(93)30(130-73)16-118-4/h6-10,22-23,25-117H,5,11-21H2,1-4H3/t22?,23?,25?,26?,27?,28?,29?,30?,31?,32?,33?,34?,35?,36?,37-,38-,39-,40-,41?,42-,43-,44-,45-,46-,47-,48+,49+,50+,51+,52?,53+,54?,55+,56+,57+,58+,59?,60?,61?,62?,63?,64?,65?,66?,67?,68-,69?,70?,71?,72?,73?,74-,75-,76-,77-,78-,79-,80+,81+,82+,83+/m1/s1. The quantitative estimate of drug-likeness (QED) is 0.0294. The monoisotopic (exact) mass is 2060 g/mol. The third-order valence-corrected chi connectivity index (χ3v) is 27.6. The second-order valence-corrected chi connectivity index (χ2v) is 37.0. The van der Waals surface area contributed by atoms with Gasteiger partial charge in [-0.15, -0.1) is 0 Å². The average Bonchev–Trinajstić information content (AvgIpc) is 0.767. The maximum absolute atomic E-state index is 12.3. The fourth-order valence-corrected chi connectivity index (χ4v) is 18.9. The lowest BCUT2D eigenvalue weighted by molar-refractivity contribution is -0.392. The van der Waals surface area contributed by atoms with Crippen LogP contribution in [0.4, 0.5) is 0 Å². The van der Waals surface area contributed by atoms with Crippen molar-refractivity contribution in [1.82, 2.24) is 0 Å². The van der Waals surface area contributed by atoms with E-state index >= 15 is 0 Å². The molecule has 61 atom stereocenters. The van der Waals surface area contributed by atoms with E-state index in [2.05, 4.69) is 0 Å². The Morgan fingerprint density at radius 2 is 0.440 bits per heavy atom. The molecular formula is C83H136O58. The summed E-state index contributed by atoms with van der Waals surface area (Å²) in [7, 11) is 1.22. The van der Waals surface area contributed by atoms with Crippen LogP contribution in [0.5, 0.6) is 0 Å². The summed E-state index contributed by atoms with van der Waals surface area (Å²) in [4.78, 5) is 0. The molecule has 1 aromatic carbocycles. The summed E-state index contributed by atoms with van der Waals surface area (Å²) < 4.78 is 142. The molecule has 0 radical (unpaired) electrons. The lowest BCUT2D eigenvalue weighted by atomic mass is 9.74. The minimum absolute atomic E-state index is 0.0533. The van der Waals surface area contributed by atoms with Crippen LogP contribution >= 0.6 is 0 Å². The minimum Gasteiger partial charge on any atom is -0.394 e. The van der Waals surface area contributed by atoms with Crippen LogP contribution < -0.4 is 0 Å². The largest absolute Gasteiger partial charge is 0.394 e. The Labute approximate surface area is 801 Å². The van der Waals surface area contributed by atoms with Gasteiger partial charge >= 0.3 is 0 Å². The van der Waals surface area contributed by atoms with Gasteiger partial charge in [0.2, 0.25) is 0 Å². The van der Waals surface area contributed by atoms with Crippen molar-refractivity contribution < 1.29 is 287 Å². The molecule has 58 heteroatoms. The zero-order valence-corrected chi connectivity index (χ0v) is 76.1. The topological polar surface area (TPSA) is 909 Å². The van der Waals surface area contributed by atoms with E-state index in [4.69, 9.17) is 114 Å². The summed E-state index contributed by atoms with van der Waals surface area (Å²) in [5, 5.41) is 382. The van der Waals surface area contributed by atoms with Gasteiger partial charge in [0.1, 0.15) is 269 Å². The maximum atomic E-state index is 12.3. The molecule has 11 saturated heterocycles. The molecule has 1 aromatic rings. The number of hydrogen-bond acceptors (Lipinski definition) is 58. The molecule has 0 spiro atoms.